The molecular formula is C23H17Br3N4O2. The first-order chi connectivity index (χ1) is 15.4. The molecule has 0 spiro atoms. The van der Waals surface area contributed by atoms with Crippen LogP contribution in [0.3, 0.4) is 0 Å². The number of hydrogen-bond donors (Lipinski definition) is 2. The number of hydrazone groups is 1. The minimum absolute atomic E-state index is 0.0562. The number of aromatic nitrogens is 2. The Balaban J connectivity index is 1.57. The van der Waals surface area contributed by atoms with Crippen LogP contribution in [0.25, 0.3) is 11.0 Å². The smallest absolute Gasteiger partial charge is 0.260 e. The maximum Gasteiger partial charge on any atom is 0.260 e. The van der Waals surface area contributed by atoms with E-state index in [9.17, 15) is 9.90 Å². The molecule has 1 amide bonds. The van der Waals surface area contributed by atoms with Crippen LogP contribution in [-0.4, -0.2) is 26.8 Å². The van der Waals surface area contributed by atoms with Crippen molar-refractivity contribution in [3.05, 3.63) is 91.0 Å². The van der Waals surface area contributed by atoms with Crippen LogP contribution < -0.4 is 5.43 Å². The molecule has 0 atom stereocenters. The first-order valence-corrected chi connectivity index (χ1v) is 12.0. The summed E-state index contributed by atoms with van der Waals surface area (Å²) in [6.07, 6.45) is 1.99. The summed E-state index contributed by atoms with van der Waals surface area (Å²) in [5, 5.41) is 13.9. The maximum absolute atomic E-state index is 12.7. The second-order valence-electron chi connectivity index (χ2n) is 7.05. The van der Waals surface area contributed by atoms with E-state index >= 15 is 0 Å². The van der Waals surface area contributed by atoms with Gasteiger partial charge in [-0.05, 0) is 54.1 Å². The zero-order chi connectivity index (χ0) is 22.7. The van der Waals surface area contributed by atoms with Crippen molar-refractivity contribution in [2.75, 3.05) is 0 Å². The number of halogens is 3. The average Bonchev–Trinajstić information content (AvgIpc) is 3.08. The summed E-state index contributed by atoms with van der Waals surface area (Å²) in [7, 11) is 0. The molecule has 3 aromatic carbocycles. The van der Waals surface area contributed by atoms with E-state index in [2.05, 4.69) is 58.3 Å². The second kappa shape index (κ2) is 9.97. The maximum atomic E-state index is 12.7. The molecular weight excluding hydrogens is 604 g/mol. The van der Waals surface area contributed by atoms with Gasteiger partial charge in [0.25, 0.3) is 5.91 Å². The van der Waals surface area contributed by atoms with E-state index in [0.717, 1.165) is 35.8 Å². The lowest BCUT2D eigenvalue weighted by atomic mass is 10.1. The summed E-state index contributed by atoms with van der Waals surface area (Å²) < 4.78 is 4.61. The van der Waals surface area contributed by atoms with Gasteiger partial charge in [0, 0.05) is 25.4 Å². The van der Waals surface area contributed by atoms with Gasteiger partial charge in [-0.2, -0.15) is 5.10 Å². The summed E-state index contributed by atoms with van der Waals surface area (Å²) >= 11 is 10.3. The van der Waals surface area contributed by atoms with Crippen molar-refractivity contribution in [2.24, 2.45) is 5.10 Å². The quantitative estimate of drug-likeness (QED) is 0.212. The lowest BCUT2D eigenvalue weighted by molar-refractivity contribution is -0.121. The Morgan fingerprint density at radius 2 is 1.69 bits per heavy atom. The van der Waals surface area contributed by atoms with Gasteiger partial charge in [0.15, 0.2) is 0 Å². The molecule has 4 aromatic rings. The normalized spacial score (nSPS) is 11.3. The van der Waals surface area contributed by atoms with Gasteiger partial charge >= 0.3 is 0 Å². The van der Waals surface area contributed by atoms with Crippen molar-refractivity contribution in [1.29, 1.82) is 0 Å². The number of hydrogen-bond acceptors (Lipinski definition) is 4. The van der Waals surface area contributed by atoms with Gasteiger partial charge in [0.1, 0.15) is 18.1 Å². The number of nitrogens with one attached hydrogen (secondary N) is 1. The molecule has 0 fully saturated rings. The SMILES string of the molecule is O=C(Cn1c(Cc2ccc(Br)cc2)nc2ccc(Br)cc21)N/N=C/c1cc(Br)ccc1O. The van der Waals surface area contributed by atoms with Gasteiger partial charge in [0.2, 0.25) is 0 Å². The summed E-state index contributed by atoms with van der Waals surface area (Å²) in [6.45, 7) is 0.0562. The molecule has 1 aromatic heterocycles. The van der Waals surface area contributed by atoms with Crippen molar-refractivity contribution < 1.29 is 9.90 Å². The Morgan fingerprint density at radius 3 is 2.47 bits per heavy atom. The summed E-state index contributed by atoms with van der Waals surface area (Å²) in [5.74, 6) is 0.560. The van der Waals surface area contributed by atoms with E-state index in [1.54, 1.807) is 18.2 Å². The lowest BCUT2D eigenvalue weighted by Crippen LogP contribution is -2.24. The average molecular weight is 621 g/mol. The van der Waals surface area contributed by atoms with Crippen molar-refractivity contribution in [3.8, 4) is 5.75 Å². The number of fused-ring (bicyclic) bond motifs is 1. The molecule has 0 saturated heterocycles. The third-order valence-corrected chi connectivity index (χ3v) is 6.26. The fourth-order valence-electron chi connectivity index (χ4n) is 3.22. The highest BCUT2D eigenvalue weighted by Crippen LogP contribution is 2.23. The topological polar surface area (TPSA) is 79.5 Å². The van der Waals surface area contributed by atoms with Gasteiger partial charge in [-0.3, -0.25) is 4.79 Å². The van der Waals surface area contributed by atoms with Gasteiger partial charge < -0.3 is 9.67 Å². The number of imidazole rings is 1. The molecule has 1 heterocycles. The third-order valence-electron chi connectivity index (χ3n) is 4.75. The Hall–Kier alpha value is -2.49. The standard InChI is InChI=1S/C23H17Br3N4O2/c24-16-3-1-14(2-4-16)9-22-28-19-7-5-18(26)11-20(19)30(22)13-23(32)29-27-12-15-10-17(25)6-8-21(15)31/h1-8,10-12,31H,9,13H2,(H,29,32)/b27-12+. The van der Waals surface area contributed by atoms with Crippen molar-refractivity contribution >= 4 is 70.9 Å². The van der Waals surface area contributed by atoms with E-state index in [1.807, 2.05) is 47.0 Å². The predicted octanol–water partition coefficient (Wildman–Crippen LogP) is 5.77. The van der Waals surface area contributed by atoms with E-state index in [0.29, 0.717) is 12.0 Å². The number of nitrogens with zero attached hydrogens (tertiary/aromatic N) is 3. The second-order valence-corrected chi connectivity index (χ2v) is 9.79. The zero-order valence-electron chi connectivity index (χ0n) is 16.6. The van der Waals surface area contributed by atoms with Crippen LogP contribution in [-0.2, 0) is 17.8 Å². The van der Waals surface area contributed by atoms with Crippen LogP contribution >= 0.6 is 47.8 Å². The van der Waals surface area contributed by atoms with Crippen LogP contribution in [0.4, 0.5) is 0 Å². The first-order valence-electron chi connectivity index (χ1n) is 9.58. The van der Waals surface area contributed by atoms with E-state index in [1.165, 1.54) is 6.21 Å². The molecule has 0 saturated carbocycles. The number of carbonyl (C=O) groups is 1. The number of aromatic hydroxyl groups is 1. The Bertz CT molecular complexity index is 1320. The van der Waals surface area contributed by atoms with Crippen LogP contribution in [0.1, 0.15) is 17.0 Å². The molecule has 0 aliphatic heterocycles. The number of rotatable bonds is 6. The van der Waals surface area contributed by atoms with Crippen LogP contribution in [0, 0.1) is 0 Å². The van der Waals surface area contributed by atoms with E-state index in [4.69, 9.17) is 4.98 Å². The van der Waals surface area contributed by atoms with E-state index < -0.39 is 0 Å². The van der Waals surface area contributed by atoms with Crippen LogP contribution in [0.15, 0.2) is 79.2 Å². The number of amides is 1. The summed E-state index contributed by atoms with van der Waals surface area (Å²) in [4.78, 5) is 17.4. The minimum Gasteiger partial charge on any atom is -0.507 e. The Labute approximate surface area is 209 Å². The molecule has 162 valence electrons. The highest BCUT2D eigenvalue weighted by Gasteiger charge is 2.15. The summed E-state index contributed by atoms with van der Waals surface area (Å²) in [5.41, 5.74) is 5.79. The molecule has 0 aliphatic rings. The Morgan fingerprint density at radius 1 is 1.00 bits per heavy atom. The van der Waals surface area contributed by atoms with Crippen molar-refractivity contribution in [3.63, 3.8) is 0 Å². The highest BCUT2D eigenvalue weighted by atomic mass is 79.9. The van der Waals surface area contributed by atoms with E-state index in [-0.39, 0.29) is 18.2 Å². The van der Waals surface area contributed by atoms with Crippen LogP contribution in [0.2, 0.25) is 0 Å². The molecule has 9 heteroatoms. The number of benzene rings is 3. The number of phenols is 1. The van der Waals surface area contributed by atoms with Crippen molar-refractivity contribution in [1.82, 2.24) is 15.0 Å². The fourth-order valence-corrected chi connectivity index (χ4v) is 4.22. The Kier molecular flexibility index (Phi) is 7.07. The minimum atomic E-state index is -0.299. The monoisotopic (exact) mass is 618 g/mol. The third kappa shape index (κ3) is 5.46. The van der Waals surface area contributed by atoms with Gasteiger partial charge in [-0.1, -0.05) is 59.9 Å². The zero-order valence-corrected chi connectivity index (χ0v) is 21.4. The summed E-state index contributed by atoms with van der Waals surface area (Å²) in [6, 6.07) is 18.8. The number of carbonyl (C=O) groups excluding carboxylic acids is 1. The van der Waals surface area contributed by atoms with Crippen molar-refractivity contribution in [2.45, 2.75) is 13.0 Å². The highest BCUT2D eigenvalue weighted by molar-refractivity contribution is 9.11. The molecule has 0 aliphatic carbocycles. The molecule has 0 radical (unpaired) electrons. The molecule has 32 heavy (non-hydrogen) atoms. The van der Waals surface area contributed by atoms with Crippen LogP contribution in [0.5, 0.6) is 5.75 Å². The lowest BCUT2D eigenvalue weighted by Gasteiger charge is -2.09. The molecule has 4 rings (SSSR count). The largest absolute Gasteiger partial charge is 0.507 e. The predicted molar refractivity (Wildman–Crippen MR) is 136 cm³/mol. The van der Waals surface area contributed by atoms with Gasteiger partial charge in [0.05, 0.1) is 17.2 Å². The molecule has 2 N–H and O–H groups in total. The number of phenolic OH excluding ortho intramolecular Hbond substituents is 1. The molecule has 0 bridgehead atoms. The van der Waals surface area contributed by atoms with Gasteiger partial charge in [-0.25, -0.2) is 10.4 Å². The molecule has 6 nitrogen and oxygen atoms in total. The molecule has 0 unspecified atom stereocenters. The first kappa shape index (κ1) is 22.7. The van der Waals surface area contributed by atoms with Gasteiger partial charge in [-0.15, -0.1) is 0 Å². The fraction of sp³-hybridized carbons (Fsp3) is 0.0870.